The lowest BCUT2D eigenvalue weighted by atomic mass is 9.91. The fraction of sp³-hybridized carbons (Fsp3) is 0.611. The van der Waals surface area contributed by atoms with Crippen molar-refractivity contribution in [2.75, 3.05) is 6.61 Å². The van der Waals surface area contributed by atoms with Gasteiger partial charge in [0.2, 0.25) is 0 Å². The van der Waals surface area contributed by atoms with E-state index >= 15 is 0 Å². The van der Waals surface area contributed by atoms with Crippen LogP contribution in [0.1, 0.15) is 51.5 Å². The second-order valence-electron chi connectivity index (χ2n) is 6.25. The molecule has 1 aromatic carbocycles. The standard InChI is InChI=1S/C18H26N2O/c1-15(2)20-18(13-19,16-9-5-3-6-10-16)14-21-17-11-7-4-8-12-17/h3,5-6,9-10,15,17,20H,4,7-8,11-12,14H2,1-2H3. The summed E-state index contributed by atoms with van der Waals surface area (Å²) in [5.74, 6) is 0. The van der Waals surface area contributed by atoms with E-state index in [2.05, 4.69) is 25.2 Å². The smallest absolute Gasteiger partial charge is 0.156 e. The van der Waals surface area contributed by atoms with E-state index in [1.165, 1.54) is 19.3 Å². The predicted molar refractivity (Wildman–Crippen MR) is 84.8 cm³/mol. The van der Waals surface area contributed by atoms with Crippen molar-refractivity contribution >= 4 is 0 Å². The van der Waals surface area contributed by atoms with Crippen LogP contribution in [0.15, 0.2) is 30.3 Å². The number of benzene rings is 1. The number of rotatable bonds is 6. The maximum atomic E-state index is 9.82. The molecule has 1 N–H and O–H groups in total. The highest BCUT2D eigenvalue weighted by Crippen LogP contribution is 2.26. The molecule has 3 heteroatoms. The number of nitrogens with one attached hydrogen (secondary N) is 1. The predicted octanol–water partition coefficient (Wildman–Crippen LogP) is 3.75. The van der Waals surface area contributed by atoms with Gasteiger partial charge in [-0.25, -0.2) is 0 Å². The molecule has 0 saturated heterocycles. The molecular weight excluding hydrogens is 260 g/mol. The van der Waals surface area contributed by atoms with E-state index in [4.69, 9.17) is 4.74 Å². The minimum absolute atomic E-state index is 0.222. The van der Waals surface area contributed by atoms with Gasteiger partial charge < -0.3 is 4.74 Å². The van der Waals surface area contributed by atoms with Crippen LogP contribution in [0.5, 0.6) is 0 Å². The van der Waals surface area contributed by atoms with Crippen LogP contribution >= 0.6 is 0 Å². The molecule has 1 unspecified atom stereocenters. The Labute approximate surface area is 128 Å². The normalized spacial score (nSPS) is 19.1. The van der Waals surface area contributed by atoms with Crippen molar-refractivity contribution in [3.63, 3.8) is 0 Å². The van der Waals surface area contributed by atoms with Crippen LogP contribution < -0.4 is 5.32 Å². The zero-order chi connectivity index (χ0) is 15.1. The Morgan fingerprint density at radius 3 is 2.48 bits per heavy atom. The van der Waals surface area contributed by atoms with Gasteiger partial charge in [0, 0.05) is 6.04 Å². The monoisotopic (exact) mass is 286 g/mol. The molecule has 1 saturated carbocycles. The van der Waals surface area contributed by atoms with Crippen molar-refractivity contribution in [3.8, 4) is 6.07 Å². The summed E-state index contributed by atoms with van der Waals surface area (Å²) in [6.45, 7) is 4.54. The maximum Gasteiger partial charge on any atom is 0.156 e. The highest BCUT2D eigenvalue weighted by Gasteiger charge is 2.34. The zero-order valence-electron chi connectivity index (χ0n) is 13.1. The van der Waals surface area contributed by atoms with Crippen molar-refractivity contribution in [2.45, 2.75) is 63.6 Å². The van der Waals surface area contributed by atoms with Crippen LogP contribution in [-0.2, 0) is 10.3 Å². The van der Waals surface area contributed by atoms with Gasteiger partial charge in [0.15, 0.2) is 5.54 Å². The molecule has 3 nitrogen and oxygen atoms in total. The Morgan fingerprint density at radius 1 is 1.24 bits per heavy atom. The number of nitrogens with zero attached hydrogens (tertiary/aromatic N) is 1. The molecule has 0 amide bonds. The van der Waals surface area contributed by atoms with Crippen LogP contribution in [0.4, 0.5) is 0 Å². The lowest BCUT2D eigenvalue weighted by Crippen LogP contribution is -2.49. The fourth-order valence-electron chi connectivity index (χ4n) is 3.03. The topological polar surface area (TPSA) is 45.0 Å². The van der Waals surface area contributed by atoms with Gasteiger partial charge in [-0.05, 0) is 32.3 Å². The summed E-state index contributed by atoms with van der Waals surface area (Å²) in [5, 5.41) is 13.2. The average molecular weight is 286 g/mol. The molecule has 1 aromatic rings. The average Bonchev–Trinajstić information content (AvgIpc) is 2.53. The number of ether oxygens (including phenoxy) is 1. The van der Waals surface area contributed by atoms with Gasteiger partial charge in [-0.1, -0.05) is 49.6 Å². The molecule has 1 fully saturated rings. The molecule has 114 valence electrons. The Bertz CT molecular complexity index is 460. The van der Waals surface area contributed by atoms with E-state index < -0.39 is 5.54 Å². The van der Waals surface area contributed by atoms with E-state index in [1.807, 2.05) is 30.3 Å². The molecule has 1 aliphatic rings. The van der Waals surface area contributed by atoms with E-state index in [0.717, 1.165) is 18.4 Å². The third-order valence-electron chi connectivity index (χ3n) is 4.08. The van der Waals surface area contributed by atoms with E-state index in [9.17, 15) is 5.26 Å². The minimum Gasteiger partial charge on any atom is -0.375 e. The number of nitriles is 1. The van der Waals surface area contributed by atoms with Crippen molar-refractivity contribution < 1.29 is 4.74 Å². The first-order valence-electron chi connectivity index (χ1n) is 8.02. The summed E-state index contributed by atoms with van der Waals surface area (Å²) in [7, 11) is 0. The van der Waals surface area contributed by atoms with Crippen molar-refractivity contribution in [1.29, 1.82) is 5.26 Å². The number of hydrogen-bond donors (Lipinski definition) is 1. The summed E-state index contributed by atoms with van der Waals surface area (Å²) in [6.07, 6.45) is 6.35. The third-order valence-corrected chi connectivity index (χ3v) is 4.08. The molecular formula is C18H26N2O. The summed E-state index contributed by atoms with van der Waals surface area (Å²) in [6, 6.07) is 12.6. The van der Waals surface area contributed by atoms with E-state index in [0.29, 0.717) is 12.7 Å². The second kappa shape index (κ2) is 7.59. The Balaban J connectivity index is 2.13. The molecule has 0 heterocycles. The first-order chi connectivity index (χ1) is 10.2. The molecule has 0 spiro atoms. The molecule has 0 radical (unpaired) electrons. The van der Waals surface area contributed by atoms with Gasteiger partial charge in [-0.3, -0.25) is 5.32 Å². The van der Waals surface area contributed by atoms with Crippen molar-refractivity contribution in [3.05, 3.63) is 35.9 Å². The maximum absolute atomic E-state index is 9.82. The Hall–Kier alpha value is -1.37. The molecule has 1 atom stereocenters. The van der Waals surface area contributed by atoms with Crippen LogP contribution in [0, 0.1) is 11.3 Å². The summed E-state index contributed by atoms with van der Waals surface area (Å²) in [4.78, 5) is 0. The van der Waals surface area contributed by atoms with Gasteiger partial charge in [-0.15, -0.1) is 0 Å². The third kappa shape index (κ3) is 4.30. The zero-order valence-corrected chi connectivity index (χ0v) is 13.1. The van der Waals surface area contributed by atoms with Gasteiger partial charge >= 0.3 is 0 Å². The van der Waals surface area contributed by atoms with E-state index in [-0.39, 0.29) is 6.04 Å². The minimum atomic E-state index is -0.757. The molecule has 1 aliphatic carbocycles. The van der Waals surface area contributed by atoms with E-state index in [1.54, 1.807) is 0 Å². The lowest BCUT2D eigenvalue weighted by Gasteiger charge is -2.33. The van der Waals surface area contributed by atoms with Crippen LogP contribution in [0.2, 0.25) is 0 Å². The lowest BCUT2D eigenvalue weighted by molar-refractivity contribution is 0.000435. The summed E-state index contributed by atoms with van der Waals surface area (Å²) in [5.41, 5.74) is 0.226. The molecule has 0 aromatic heterocycles. The fourth-order valence-corrected chi connectivity index (χ4v) is 3.03. The molecule has 2 rings (SSSR count). The Morgan fingerprint density at radius 2 is 1.90 bits per heavy atom. The largest absolute Gasteiger partial charge is 0.375 e. The molecule has 0 bridgehead atoms. The first-order valence-corrected chi connectivity index (χ1v) is 8.02. The van der Waals surface area contributed by atoms with Gasteiger partial charge in [-0.2, -0.15) is 5.26 Å². The van der Waals surface area contributed by atoms with Crippen molar-refractivity contribution in [2.24, 2.45) is 0 Å². The van der Waals surface area contributed by atoms with Gasteiger partial charge in [0.25, 0.3) is 0 Å². The van der Waals surface area contributed by atoms with Crippen molar-refractivity contribution in [1.82, 2.24) is 5.32 Å². The highest BCUT2D eigenvalue weighted by atomic mass is 16.5. The Kier molecular flexibility index (Phi) is 5.78. The summed E-state index contributed by atoms with van der Waals surface area (Å²) < 4.78 is 6.11. The second-order valence-corrected chi connectivity index (χ2v) is 6.25. The molecule has 0 aliphatic heterocycles. The SMILES string of the molecule is CC(C)NC(C#N)(COC1CCCCC1)c1ccccc1. The highest BCUT2D eigenvalue weighted by molar-refractivity contribution is 5.31. The van der Waals surface area contributed by atoms with Crippen LogP contribution in [-0.4, -0.2) is 18.8 Å². The summed E-state index contributed by atoms with van der Waals surface area (Å²) >= 11 is 0. The first kappa shape index (κ1) is 16.0. The van der Waals surface area contributed by atoms with Gasteiger partial charge in [0.1, 0.15) is 0 Å². The van der Waals surface area contributed by atoms with Gasteiger partial charge in [0.05, 0.1) is 18.8 Å². The number of hydrogen-bond acceptors (Lipinski definition) is 3. The van der Waals surface area contributed by atoms with Crippen LogP contribution in [0.25, 0.3) is 0 Å². The van der Waals surface area contributed by atoms with Crippen LogP contribution in [0.3, 0.4) is 0 Å². The molecule has 21 heavy (non-hydrogen) atoms. The quantitative estimate of drug-likeness (QED) is 0.866.